The lowest BCUT2D eigenvalue weighted by Crippen LogP contribution is -2.22. The van der Waals surface area contributed by atoms with Gasteiger partial charge in [0.1, 0.15) is 5.75 Å². The maximum Gasteiger partial charge on any atom is 0.237 e. The molecule has 0 saturated heterocycles. The van der Waals surface area contributed by atoms with E-state index in [4.69, 9.17) is 4.74 Å². The molecule has 1 atom stereocenters. The highest BCUT2D eigenvalue weighted by atomic mass is 32.2. The molecule has 23 heavy (non-hydrogen) atoms. The van der Waals surface area contributed by atoms with Crippen LogP contribution in [0.15, 0.2) is 47.8 Å². The van der Waals surface area contributed by atoms with Gasteiger partial charge in [-0.15, -0.1) is 0 Å². The van der Waals surface area contributed by atoms with Crippen molar-refractivity contribution < 1.29 is 9.53 Å². The molecule has 6 nitrogen and oxygen atoms in total. The van der Waals surface area contributed by atoms with E-state index in [9.17, 15) is 4.79 Å². The fraction of sp³-hybridized carbons (Fsp3) is 0.188. The van der Waals surface area contributed by atoms with Crippen LogP contribution in [0.1, 0.15) is 6.92 Å². The van der Waals surface area contributed by atoms with E-state index in [-0.39, 0.29) is 11.2 Å². The number of imidazole rings is 1. The standard InChI is InChI=1S/C16H16N4O2S/c1-10(15(21)18-11-5-3-6-12(9-11)22-2)23-16-19-13-7-4-8-17-14(13)20-16/h3-10H,1-2H3,(H,18,21)(H,17,19,20). The van der Waals surface area contributed by atoms with Gasteiger partial charge in [-0.1, -0.05) is 17.8 Å². The molecule has 1 amide bonds. The SMILES string of the molecule is COc1cccc(NC(=O)C(C)Sc2nc3ncccc3[nH]2)c1. The first-order chi connectivity index (χ1) is 11.2. The van der Waals surface area contributed by atoms with Crippen molar-refractivity contribution in [3.8, 4) is 5.75 Å². The Hall–Kier alpha value is -2.54. The van der Waals surface area contributed by atoms with Crippen molar-refractivity contribution in [2.75, 3.05) is 12.4 Å². The first kappa shape index (κ1) is 15.4. The fourth-order valence-electron chi connectivity index (χ4n) is 2.04. The number of methoxy groups -OCH3 is 1. The number of anilines is 1. The van der Waals surface area contributed by atoms with E-state index in [1.807, 2.05) is 37.3 Å². The highest BCUT2D eigenvalue weighted by Crippen LogP contribution is 2.24. The number of ether oxygens (including phenoxy) is 1. The molecular weight excluding hydrogens is 312 g/mol. The van der Waals surface area contributed by atoms with Crippen molar-refractivity contribution in [3.05, 3.63) is 42.6 Å². The Morgan fingerprint density at radius 1 is 1.35 bits per heavy atom. The predicted octanol–water partition coefficient (Wildman–Crippen LogP) is 3.09. The molecule has 2 aromatic heterocycles. The van der Waals surface area contributed by atoms with Crippen molar-refractivity contribution in [2.24, 2.45) is 0 Å². The van der Waals surface area contributed by atoms with Crippen LogP contribution in [-0.4, -0.2) is 33.2 Å². The van der Waals surface area contributed by atoms with Crippen molar-refractivity contribution in [1.82, 2.24) is 15.0 Å². The van der Waals surface area contributed by atoms with Crippen molar-refractivity contribution >= 4 is 34.5 Å². The number of fused-ring (bicyclic) bond motifs is 1. The highest BCUT2D eigenvalue weighted by molar-refractivity contribution is 8.00. The largest absolute Gasteiger partial charge is 0.497 e. The van der Waals surface area contributed by atoms with Gasteiger partial charge in [0.05, 0.1) is 17.9 Å². The minimum Gasteiger partial charge on any atom is -0.497 e. The van der Waals surface area contributed by atoms with Crippen molar-refractivity contribution in [3.63, 3.8) is 0 Å². The number of nitrogens with zero attached hydrogens (tertiary/aromatic N) is 2. The molecule has 2 heterocycles. The third-order valence-corrected chi connectivity index (χ3v) is 4.21. The van der Waals surface area contributed by atoms with Crippen LogP contribution in [0.25, 0.3) is 11.2 Å². The summed E-state index contributed by atoms with van der Waals surface area (Å²) >= 11 is 1.36. The molecule has 1 aromatic carbocycles. The van der Waals surface area contributed by atoms with Gasteiger partial charge in [-0.3, -0.25) is 4.79 Å². The zero-order valence-corrected chi connectivity index (χ0v) is 13.6. The summed E-state index contributed by atoms with van der Waals surface area (Å²) in [6.07, 6.45) is 1.69. The quantitative estimate of drug-likeness (QED) is 0.704. The molecule has 7 heteroatoms. The van der Waals surface area contributed by atoms with Gasteiger partial charge in [-0.2, -0.15) is 0 Å². The number of rotatable bonds is 5. The molecule has 0 aliphatic heterocycles. The molecule has 0 spiro atoms. The van der Waals surface area contributed by atoms with Crippen LogP contribution < -0.4 is 10.1 Å². The summed E-state index contributed by atoms with van der Waals surface area (Å²) < 4.78 is 5.15. The smallest absolute Gasteiger partial charge is 0.237 e. The minimum atomic E-state index is -0.304. The minimum absolute atomic E-state index is 0.100. The molecule has 0 aliphatic carbocycles. The Balaban J connectivity index is 1.67. The molecule has 1 unspecified atom stereocenters. The molecule has 0 fully saturated rings. The third kappa shape index (κ3) is 3.62. The second-order valence-corrected chi connectivity index (χ2v) is 6.23. The van der Waals surface area contributed by atoms with Gasteiger partial charge in [0, 0.05) is 18.0 Å². The lowest BCUT2D eigenvalue weighted by Gasteiger charge is -2.11. The summed E-state index contributed by atoms with van der Waals surface area (Å²) in [6.45, 7) is 1.83. The second-order valence-electron chi connectivity index (χ2n) is 4.90. The molecule has 0 radical (unpaired) electrons. The van der Waals surface area contributed by atoms with Crippen LogP contribution in [-0.2, 0) is 4.79 Å². The average Bonchev–Trinajstić information content (AvgIpc) is 2.97. The number of pyridine rings is 1. The number of amides is 1. The first-order valence-electron chi connectivity index (χ1n) is 7.08. The Morgan fingerprint density at radius 3 is 3.00 bits per heavy atom. The Bertz CT molecular complexity index is 801. The maximum absolute atomic E-state index is 12.3. The van der Waals surface area contributed by atoms with Gasteiger partial charge in [0.2, 0.25) is 5.91 Å². The van der Waals surface area contributed by atoms with E-state index in [0.29, 0.717) is 22.2 Å². The Morgan fingerprint density at radius 2 is 2.22 bits per heavy atom. The molecular formula is C16H16N4O2S. The summed E-state index contributed by atoms with van der Waals surface area (Å²) in [5.74, 6) is 0.600. The normalized spacial score (nSPS) is 12.1. The van der Waals surface area contributed by atoms with Gasteiger partial charge >= 0.3 is 0 Å². The maximum atomic E-state index is 12.3. The predicted molar refractivity (Wildman–Crippen MR) is 90.8 cm³/mol. The van der Waals surface area contributed by atoms with E-state index in [2.05, 4.69) is 20.3 Å². The lowest BCUT2D eigenvalue weighted by molar-refractivity contribution is -0.115. The van der Waals surface area contributed by atoms with Crippen LogP contribution in [0.4, 0.5) is 5.69 Å². The Labute approximate surface area is 137 Å². The number of carbonyl (C=O) groups is 1. The van der Waals surface area contributed by atoms with E-state index >= 15 is 0 Å². The van der Waals surface area contributed by atoms with Crippen molar-refractivity contribution in [1.29, 1.82) is 0 Å². The fourth-order valence-corrected chi connectivity index (χ4v) is 2.85. The zero-order valence-electron chi connectivity index (χ0n) is 12.7. The summed E-state index contributed by atoms with van der Waals surface area (Å²) in [4.78, 5) is 24.0. The van der Waals surface area contributed by atoms with Crippen molar-refractivity contribution in [2.45, 2.75) is 17.3 Å². The van der Waals surface area contributed by atoms with Gasteiger partial charge in [0.15, 0.2) is 10.8 Å². The second kappa shape index (κ2) is 6.70. The molecule has 0 bridgehead atoms. The molecule has 3 rings (SSSR count). The van der Waals surface area contributed by atoms with Gasteiger partial charge < -0.3 is 15.0 Å². The number of hydrogen-bond donors (Lipinski definition) is 2. The number of aromatic nitrogens is 3. The third-order valence-electron chi connectivity index (χ3n) is 3.23. The summed E-state index contributed by atoms with van der Waals surface area (Å²) in [5.41, 5.74) is 2.21. The zero-order chi connectivity index (χ0) is 16.2. The van der Waals surface area contributed by atoms with Crippen LogP contribution in [0.3, 0.4) is 0 Å². The van der Waals surface area contributed by atoms with Crippen LogP contribution >= 0.6 is 11.8 Å². The topological polar surface area (TPSA) is 79.9 Å². The number of aromatic amines is 1. The summed E-state index contributed by atoms with van der Waals surface area (Å²) in [6, 6.07) is 11.0. The molecule has 118 valence electrons. The average molecular weight is 328 g/mol. The highest BCUT2D eigenvalue weighted by Gasteiger charge is 2.17. The number of hydrogen-bond acceptors (Lipinski definition) is 5. The van der Waals surface area contributed by atoms with E-state index in [1.54, 1.807) is 19.4 Å². The molecule has 2 N–H and O–H groups in total. The van der Waals surface area contributed by atoms with E-state index in [1.165, 1.54) is 11.8 Å². The molecule has 3 aromatic rings. The molecule has 0 saturated carbocycles. The monoisotopic (exact) mass is 328 g/mol. The first-order valence-corrected chi connectivity index (χ1v) is 7.96. The Kier molecular flexibility index (Phi) is 4.47. The van der Waals surface area contributed by atoms with E-state index < -0.39 is 0 Å². The van der Waals surface area contributed by atoms with Gasteiger partial charge in [0.25, 0.3) is 0 Å². The number of benzene rings is 1. The van der Waals surface area contributed by atoms with Gasteiger partial charge in [-0.25, -0.2) is 9.97 Å². The van der Waals surface area contributed by atoms with E-state index in [0.717, 1.165) is 5.52 Å². The summed E-state index contributed by atoms with van der Waals surface area (Å²) in [5, 5.41) is 3.24. The van der Waals surface area contributed by atoms with Crippen LogP contribution in [0.5, 0.6) is 5.75 Å². The number of H-pyrrole nitrogens is 1. The number of thioether (sulfide) groups is 1. The van der Waals surface area contributed by atoms with Crippen LogP contribution in [0, 0.1) is 0 Å². The molecule has 0 aliphatic rings. The number of nitrogens with one attached hydrogen (secondary N) is 2. The van der Waals surface area contributed by atoms with Gasteiger partial charge in [-0.05, 0) is 31.2 Å². The summed E-state index contributed by atoms with van der Waals surface area (Å²) in [7, 11) is 1.59. The lowest BCUT2D eigenvalue weighted by atomic mass is 10.3. The number of carbonyl (C=O) groups excluding carboxylic acids is 1. The van der Waals surface area contributed by atoms with Crippen LogP contribution in [0.2, 0.25) is 0 Å².